The van der Waals surface area contributed by atoms with Gasteiger partial charge in [-0.25, -0.2) is 4.79 Å². The third-order valence-corrected chi connectivity index (χ3v) is 4.31. The molecule has 1 N–H and O–H groups in total. The minimum Gasteiger partial charge on any atom is -0.481 e. The van der Waals surface area contributed by atoms with E-state index < -0.39 is 18.0 Å². The number of carbonyl (C=O) groups is 2. The molecule has 1 amide bonds. The Balaban J connectivity index is 1.55. The third kappa shape index (κ3) is 5.69. The molecule has 0 saturated carbocycles. The first kappa shape index (κ1) is 20.1. The predicted molar refractivity (Wildman–Crippen MR) is 113 cm³/mol. The van der Waals surface area contributed by atoms with Crippen molar-refractivity contribution in [2.45, 2.75) is 20.0 Å². The lowest BCUT2D eigenvalue weighted by atomic mass is 10.1. The molecule has 0 unspecified atom stereocenters. The van der Waals surface area contributed by atoms with Crippen LogP contribution in [-0.2, 0) is 14.3 Å². The molecule has 0 fully saturated rings. The Hall–Kier alpha value is -3.60. The number of rotatable bonds is 7. The van der Waals surface area contributed by atoms with E-state index in [1.54, 1.807) is 18.2 Å². The number of aryl methyl sites for hydroxylation is 1. The monoisotopic (exact) mass is 389 g/mol. The van der Waals surface area contributed by atoms with Crippen molar-refractivity contribution in [2.75, 3.05) is 11.9 Å². The SMILES string of the molecule is Cc1ccc(NC(=O)[C@H](C)OC(=O)COc2ccccc2-c2ccccc2)cc1. The highest BCUT2D eigenvalue weighted by molar-refractivity contribution is 5.95. The van der Waals surface area contributed by atoms with Crippen molar-refractivity contribution in [3.63, 3.8) is 0 Å². The van der Waals surface area contributed by atoms with Crippen LogP contribution < -0.4 is 10.1 Å². The number of hydrogen-bond acceptors (Lipinski definition) is 4. The quantitative estimate of drug-likeness (QED) is 0.599. The Bertz CT molecular complexity index is 968. The van der Waals surface area contributed by atoms with E-state index in [9.17, 15) is 9.59 Å². The molecule has 5 nitrogen and oxygen atoms in total. The van der Waals surface area contributed by atoms with Gasteiger partial charge in [0, 0.05) is 11.3 Å². The Kier molecular flexibility index (Phi) is 6.63. The average molecular weight is 389 g/mol. The summed E-state index contributed by atoms with van der Waals surface area (Å²) >= 11 is 0. The molecule has 1 atom stereocenters. The first-order chi connectivity index (χ1) is 14.0. The fourth-order valence-electron chi connectivity index (χ4n) is 2.75. The third-order valence-electron chi connectivity index (χ3n) is 4.31. The van der Waals surface area contributed by atoms with Gasteiger partial charge in [-0.15, -0.1) is 0 Å². The maximum absolute atomic E-state index is 12.2. The molecule has 5 heteroatoms. The zero-order chi connectivity index (χ0) is 20.6. The van der Waals surface area contributed by atoms with Crippen LogP contribution in [0.25, 0.3) is 11.1 Å². The highest BCUT2D eigenvalue weighted by Gasteiger charge is 2.18. The molecule has 0 aromatic heterocycles. The zero-order valence-corrected chi connectivity index (χ0v) is 16.4. The van der Waals surface area contributed by atoms with E-state index in [-0.39, 0.29) is 6.61 Å². The number of ether oxygens (including phenoxy) is 2. The Labute approximate surface area is 170 Å². The van der Waals surface area contributed by atoms with Gasteiger partial charge in [0.1, 0.15) is 5.75 Å². The summed E-state index contributed by atoms with van der Waals surface area (Å²) in [5.74, 6) is -0.432. The first-order valence-corrected chi connectivity index (χ1v) is 9.37. The van der Waals surface area contributed by atoms with Crippen molar-refractivity contribution in [3.05, 3.63) is 84.4 Å². The number of nitrogens with one attached hydrogen (secondary N) is 1. The van der Waals surface area contributed by atoms with Crippen LogP contribution in [0, 0.1) is 6.92 Å². The lowest BCUT2D eigenvalue weighted by Crippen LogP contribution is -2.31. The average Bonchev–Trinajstić information content (AvgIpc) is 2.74. The topological polar surface area (TPSA) is 64.6 Å². The van der Waals surface area contributed by atoms with Gasteiger partial charge >= 0.3 is 5.97 Å². The lowest BCUT2D eigenvalue weighted by molar-refractivity contribution is -0.155. The van der Waals surface area contributed by atoms with Crippen molar-refractivity contribution >= 4 is 17.6 Å². The van der Waals surface area contributed by atoms with E-state index in [1.807, 2.05) is 67.6 Å². The standard InChI is InChI=1S/C24H23NO4/c1-17-12-14-20(15-13-17)25-24(27)18(2)29-23(26)16-28-22-11-7-6-10-21(22)19-8-4-3-5-9-19/h3-15,18H,16H2,1-2H3,(H,25,27)/t18-/m0/s1. The molecule has 0 bridgehead atoms. The highest BCUT2D eigenvalue weighted by Crippen LogP contribution is 2.29. The molecular weight excluding hydrogens is 366 g/mol. The fourth-order valence-corrected chi connectivity index (χ4v) is 2.75. The summed E-state index contributed by atoms with van der Waals surface area (Å²) in [6.45, 7) is 3.21. The van der Waals surface area contributed by atoms with Gasteiger partial charge < -0.3 is 14.8 Å². The van der Waals surface area contributed by atoms with E-state index >= 15 is 0 Å². The summed E-state index contributed by atoms with van der Waals surface area (Å²) in [7, 11) is 0. The number of amides is 1. The van der Waals surface area contributed by atoms with Gasteiger partial charge in [-0.2, -0.15) is 0 Å². The largest absolute Gasteiger partial charge is 0.481 e. The molecule has 3 aromatic rings. The van der Waals surface area contributed by atoms with Crippen LogP contribution in [0.4, 0.5) is 5.69 Å². The Morgan fingerprint density at radius 2 is 1.55 bits per heavy atom. The van der Waals surface area contributed by atoms with Crippen LogP contribution in [-0.4, -0.2) is 24.6 Å². The highest BCUT2D eigenvalue weighted by atomic mass is 16.6. The molecule has 0 aliphatic carbocycles. The van der Waals surface area contributed by atoms with Crippen molar-refractivity contribution in [1.82, 2.24) is 0 Å². The molecule has 0 aliphatic rings. The summed E-state index contributed by atoms with van der Waals surface area (Å²) in [5, 5.41) is 2.72. The molecular formula is C24H23NO4. The minimum atomic E-state index is -0.934. The molecule has 0 heterocycles. The second-order valence-corrected chi connectivity index (χ2v) is 6.64. The Morgan fingerprint density at radius 3 is 2.28 bits per heavy atom. The van der Waals surface area contributed by atoms with Gasteiger partial charge in [-0.3, -0.25) is 4.79 Å². The summed E-state index contributed by atoms with van der Waals surface area (Å²) in [6, 6.07) is 24.6. The summed E-state index contributed by atoms with van der Waals surface area (Å²) in [6.07, 6.45) is -0.934. The van der Waals surface area contributed by atoms with Crippen LogP contribution in [0.1, 0.15) is 12.5 Å². The van der Waals surface area contributed by atoms with Gasteiger partial charge in [-0.05, 0) is 37.6 Å². The predicted octanol–water partition coefficient (Wildman–Crippen LogP) is 4.61. The van der Waals surface area contributed by atoms with Gasteiger partial charge in [0.15, 0.2) is 12.7 Å². The molecule has 148 valence electrons. The minimum absolute atomic E-state index is 0.286. The fraction of sp³-hybridized carbons (Fsp3) is 0.167. The number of carbonyl (C=O) groups excluding carboxylic acids is 2. The number of hydrogen-bond donors (Lipinski definition) is 1. The van der Waals surface area contributed by atoms with Crippen molar-refractivity contribution in [2.24, 2.45) is 0 Å². The molecule has 3 aromatic carbocycles. The number of para-hydroxylation sites is 1. The lowest BCUT2D eigenvalue weighted by Gasteiger charge is -2.15. The van der Waals surface area contributed by atoms with Crippen LogP contribution in [0.2, 0.25) is 0 Å². The zero-order valence-electron chi connectivity index (χ0n) is 16.4. The van der Waals surface area contributed by atoms with Crippen LogP contribution in [0.3, 0.4) is 0 Å². The Morgan fingerprint density at radius 1 is 0.897 bits per heavy atom. The second kappa shape index (κ2) is 9.55. The van der Waals surface area contributed by atoms with E-state index in [1.165, 1.54) is 6.92 Å². The van der Waals surface area contributed by atoms with Crippen LogP contribution >= 0.6 is 0 Å². The smallest absolute Gasteiger partial charge is 0.344 e. The molecule has 0 aliphatic heterocycles. The molecule has 29 heavy (non-hydrogen) atoms. The van der Waals surface area contributed by atoms with E-state index in [0.29, 0.717) is 11.4 Å². The van der Waals surface area contributed by atoms with E-state index in [4.69, 9.17) is 9.47 Å². The molecule has 0 saturated heterocycles. The van der Waals surface area contributed by atoms with Gasteiger partial charge in [0.2, 0.25) is 0 Å². The maximum atomic E-state index is 12.2. The molecule has 0 spiro atoms. The summed E-state index contributed by atoms with van der Waals surface area (Å²) < 4.78 is 10.9. The second-order valence-electron chi connectivity index (χ2n) is 6.64. The van der Waals surface area contributed by atoms with Crippen LogP contribution in [0.5, 0.6) is 5.75 Å². The van der Waals surface area contributed by atoms with E-state index in [0.717, 1.165) is 16.7 Å². The van der Waals surface area contributed by atoms with Crippen molar-refractivity contribution in [1.29, 1.82) is 0 Å². The number of esters is 1. The van der Waals surface area contributed by atoms with Crippen molar-refractivity contribution < 1.29 is 19.1 Å². The van der Waals surface area contributed by atoms with E-state index in [2.05, 4.69) is 5.32 Å². The normalized spacial score (nSPS) is 11.4. The van der Waals surface area contributed by atoms with Crippen molar-refractivity contribution in [3.8, 4) is 16.9 Å². The van der Waals surface area contributed by atoms with Gasteiger partial charge in [-0.1, -0.05) is 66.2 Å². The van der Waals surface area contributed by atoms with Crippen LogP contribution in [0.15, 0.2) is 78.9 Å². The first-order valence-electron chi connectivity index (χ1n) is 9.37. The number of anilines is 1. The molecule has 0 radical (unpaired) electrons. The summed E-state index contributed by atoms with van der Waals surface area (Å²) in [5.41, 5.74) is 3.61. The van der Waals surface area contributed by atoms with Gasteiger partial charge in [0.25, 0.3) is 5.91 Å². The summed E-state index contributed by atoms with van der Waals surface area (Å²) in [4.78, 5) is 24.4. The maximum Gasteiger partial charge on any atom is 0.344 e. The molecule has 3 rings (SSSR count). The van der Waals surface area contributed by atoms with Gasteiger partial charge in [0.05, 0.1) is 0 Å². The number of benzene rings is 3.